The van der Waals surface area contributed by atoms with Gasteiger partial charge in [-0.3, -0.25) is 0 Å². The molecule has 70 valence electrons. The van der Waals surface area contributed by atoms with Gasteiger partial charge in [0.2, 0.25) is 0 Å². The van der Waals surface area contributed by atoms with E-state index in [1.165, 1.54) is 6.92 Å². The third-order valence-electron chi connectivity index (χ3n) is 1.57. The Labute approximate surface area is 75.9 Å². The van der Waals surface area contributed by atoms with Gasteiger partial charge in [-0.25, -0.2) is 4.79 Å². The minimum Gasteiger partial charge on any atom is -0.479 e. The summed E-state index contributed by atoms with van der Waals surface area (Å²) in [5.41, 5.74) is 5.99. The van der Waals surface area contributed by atoms with Gasteiger partial charge in [-0.2, -0.15) is 0 Å². The number of anilines is 1. The number of para-hydroxylation sites is 2. The van der Waals surface area contributed by atoms with E-state index in [0.29, 0.717) is 11.4 Å². The fourth-order valence-electron chi connectivity index (χ4n) is 0.829. The number of nitrogens with two attached hydrogens (primary N) is 1. The minimum absolute atomic E-state index is 0.400. The number of ether oxygens (including phenoxy) is 1. The Morgan fingerprint density at radius 1 is 1.54 bits per heavy atom. The first-order valence-electron chi connectivity index (χ1n) is 3.85. The van der Waals surface area contributed by atoms with Crippen molar-refractivity contribution >= 4 is 11.7 Å². The lowest BCUT2D eigenvalue weighted by Crippen LogP contribution is -2.23. The maximum Gasteiger partial charge on any atom is 0.344 e. The highest BCUT2D eigenvalue weighted by Crippen LogP contribution is 2.20. The largest absolute Gasteiger partial charge is 0.479 e. The normalized spacial score (nSPS) is 12.1. The molecule has 0 bridgehead atoms. The smallest absolute Gasteiger partial charge is 0.344 e. The summed E-state index contributed by atoms with van der Waals surface area (Å²) >= 11 is 0. The van der Waals surface area contributed by atoms with Crippen molar-refractivity contribution in [2.24, 2.45) is 0 Å². The predicted octanol–water partition coefficient (Wildman–Crippen LogP) is 1.12. The van der Waals surface area contributed by atoms with Gasteiger partial charge in [0.1, 0.15) is 5.75 Å². The van der Waals surface area contributed by atoms with Gasteiger partial charge < -0.3 is 15.6 Å². The number of carboxylic acids is 1. The SMILES string of the molecule is CC(Oc1ccccc1N)C(=O)O. The van der Waals surface area contributed by atoms with Gasteiger partial charge in [0.15, 0.2) is 6.10 Å². The van der Waals surface area contributed by atoms with Gasteiger partial charge in [0.25, 0.3) is 0 Å². The van der Waals surface area contributed by atoms with Crippen LogP contribution in [0, 0.1) is 0 Å². The summed E-state index contributed by atoms with van der Waals surface area (Å²) < 4.78 is 5.08. The second kappa shape index (κ2) is 3.80. The molecule has 0 fully saturated rings. The predicted molar refractivity (Wildman–Crippen MR) is 48.6 cm³/mol. The molecule has 1 aromatic carbocycles. The van der Waals surface area contributed by atoms with E-state index in [1.807, 2.05) is 0 Å². The lowest BCUT2D eigenvalue weighted by atomic mass is 10.3. The number of carboxylic acid groups (broad SMARTS) is 1. The highest BCUT2D eigenvalue weighted by molar-refractivity contribution is 5.72. The first-order chi connectivity index (χ1) is 6.11. The van der Waals surface area contributed by atoms with E-state index < -0.39 is 12.1 Å². The van der Waals surface area contributed by atoms with Crippen LogP contribution in [-0.4, -0.2) is 17.2 Å². The molecule has 0 radical (unpaired) electrons. The molecule has 0 spiro atoms. The lowest BCUT2D eigenvalue weighted by Gasteiger charge is -2.11. The van der Waals surface area contributed by atoms with Crippen molar-refractivity contribution in [2.45, 2.75) is 13.0 Å². The van der Waals surface area contributed by atoms with Gasteiger partial charge in [-0.1, -0.05) is 12.1 Å². The van der Waals surface area contributed by atoms with Gasteiger partial charge in [0, 0.05) is 0 Å². The summed E-state index contributed by atoms with van der Waals surface area (Å²) in [5, 5.41) is 8.57. The molecule has 1 aromatic rings. The molecular weight excluding hydrogens is 170 g/mol. The molecule has 13 heavy (non-hydrogen) atoms. The first-order valence-corrected chi connectivity index (χ1v) is 3.85. The second-order valence-electron chi connectivity index (χ2n) is 2.64. The maximum absolute atomic E-state index is 10.4. The summed E-state index contributed by atoms with van der Waals surface area (Å²) in [7, 11) is 0. The van der Waals surface area contributed by atoms with Crippen LogP contribution < -0.4 is 10.5 Å². The van der Waals surface area contributed by atoms with E-state index >= 15 is 0 Å². The summed E-state index contributed by atoms with van der Waals surface area (Å²) in [6, 6.07) is 6.78. The standard InChI is InChI=1S/C9H11NO3/c1-6(9(11)12)13-8-5-3-2-4-7(8)10/h2-6H,10H2,1H3,(H,11,12). The van der Waals surface area contributed by atoms with Crippen LogP contribution in [0.5, 0.6) is 5.75 Å². The van der Waals surface area contributed by atoms with Crippen LogP contribution in [0.1, 0.15) is 6.92 Å². The molecule has 3 N–H and O–H groups in total. The zero-order valence-electron chi connectivity index (χ0n) is 7.23. The summed E-state index contributed by atoms with van der Waals surface area (Å²) in [6.45, 7) is 1.45. The molecule has 0 aromatic heterocycles. The van der Waals surface area contributed by atoms with Crippen LogP contribution in [0.2, 0.25) is 0 Å². The molecule has 0 aliphatic carbocycles. The van der Waals surface area contributed by atoms with E-state index in [1.54, 1.807) is 24.3 Å². The fourth-order valence-corrected chi connectivity index (χ4v) is 0.829. The second-order valence-corrected chi connectivity index (χ2v) is 2.64. The Morgan fingerprint density at radius 3 is 2.69 bits per heavy atom. The molecule has 0 saturated carbocycles. The monoisotopic (exact) mass is 181 g/mol. The van der Waals surface area contributed by atoms with Crippen molar-refractivity contribution in [1.29, 1.82) is 0 Å². The third kappa shape index (κ3) is 2.37. The highest BCUT2D eigenvalue weighted by atomic mass is 16.5. The average molecular weight is 181 g/mol. The van der Waals surface area contributed by atoms with Crippen molar-refractivity contribution in [3.63, 3.8) is 0 Å². The zero-order valence-corrected chi connectivity index (χ0v) is 7.23. The van der Waals surface area contributed by atoms with Crippen LogP contribution in [0.25, 0.3) is 0 Å². The van der Waals surface area contributed by atoms with Crippen LogP contribution in [0.15, 0.2) is 24.3 Å². The topological polar surface area (TPSA) is 72.5 Å². The average Bonchev–Trinajstić information content (AvgIpc) is 2.08. The van der Waals surface area contributed by atoms with Crippen molar-refractivity contribution < 1.29 is 14.6 Å². The van der Waals surface area contributed by atoms with E-state index in [2.05, 4.69) is 0 Å². The van der Waals surface area contributed by atoms with E-state index in [9.17, 15) is 4.79 Å². The van der Waals surface area contributed by atoms with Crippen LogP contribution in [0.3, 0.4) is 0 Å². The minimum atomic E-state index is -1.01. The Hall–Kier alpha value is -1.71. The number of benzene rings is 1. The maximum atomic E-state index is 10.4. The van der Waals surface area contributed by atoms with Gasteiger partial charge in [-0.15, -0.1) is 0 Å². The Morgan fingerprint density at radius 2 is 2.15 bits per heavy atom. The van der Waals surface area contributed by atoms with Crippen molar-refractivity contribution in [3.8, 4) is 5.75 Å². The third-order valence-corrected chi connectivity index (χ3v) is 1.57. The fraction of sp³-hybridized carbons (Fsp3) is 0.222. The molecule has 1 unspecified atom stereocenters. The quantitative estimate of drug-likeness (QED) is 0.685. The van der Waals surface area contributed by atoms with Crippen molar-refractivity contribution in [1.82, 2.24) is 0 Å². The van der Waals surface area contributed by atoms with Crippen LogP contribution >= 0.6 is 0 Å². The molecule has 1 atom stereocenters. The van der Waals surface area contributed by atoms with E-state index in [-0.39, 0.29) is 0 Å². The number of nitrogen functional groups attached to an aromatic ring is 1. The number of aliphatic carboxylic acids is 1. The van der Waals surface area contributed by atoms with Gasteiger partial charge >= 0.3 is 5.97 Å². The highest BCUT2D eigenvalue weighted by Gasteiger charge is 2.13. The van der Waals surface area contributed by atoms with Crippen LogP contribution in [-0.2, 0) is 4.79 Å². The molecule has 0 aliphatic rings. The van der Waals surface area contributed by atoms with Crippen molar-refractivity contribution in [3.05, 3.63) is 24.3 Å². The zero-order chi connectivity index (χ0) is 9.84. The summed E-state index contributed by atoms with van der Waals surface area (Å²) in [6.07, 6.45) is -0.885. The molecule has 1 rings (SSSR count). The van der Waals surface area contributed by atoms with Crippen molar-refractivity contribution in [2.75, 3.05) is 5.73 Å². The molecule has 0 aliphatic heterocycles. The Kier molecular flexibility index (Phi) is 2.74. The molecule has 4 nitrogen and oxygen atoms in total. The number of rotatable bonds is 3. The Balaban J connectivity index is 2.74. The molecule has 0 heterocycles. The summed E-state index contributed by atoms with van der Waals surface area (Å²) in [5.74, 6) is -0.611. The first kappa shape index (κ1) is 9.38. The lowest BCUT2D eigenvalue weighted by molar-refractivity contribution is -0.144. The van der Waals surface area contributed by atoms with Gasteiger partial charge in [0.05, 0.1) is 5.69 Å². The molecular formula is C9H11NO3. The number of carbonyl (C=O) groups is 1. The van der Waals surface area contributed by atoms with E-state index in [4.69, 9.17) is 15.6 Å². The molecule has 4 heteroatoms. The number of hydrogen-bond donors (Lipinski definition) is 2. The molecule has 0 saturated heterocycles. The van der Waals surface area contributed by atoms with Crippen LogP contribution in [0.4, 0.5) is 5.69 Å². The number of hydrogen-bond acceptors (Lipinski definition) is 3. The Bertz CT molecular complexity index is 311. The van der Waals surface area contributed by atoms with Gasteiger partial charge in [-0.05, 0) is 19.1 Å². The van der Waals surface area contributed by atoms with E-state index in [0.717, 1.165) is 0 Å². The molecule has 0 amide bonds. The summed E-state index contributed by atoms with van der Waals surface area (Å²) in [4.78, 5) is 10.4.